The van der Waals surface area contributed by atoms with Crippen LogP contribution in [-0.4, -0.2) is 44.3 Å². The summed E-state index contributed by atoms with van der Waals surface area (Å²) < 4.78 is 1.98. The van der Waals surface area contributed by atoms with E-state index in [1.165, 1.54) is 18.3 Å². The number of nitrogens with two attached hydrogens (primary N) is 1. The summed E-state index contributed by atoms with van der Waals surface area (Å²) in [5.74, 6) is 0.991. The third kappa shape index (κ3) is 4.36. The molecule has 1 aromatic carbocycles. The molecule has 1 atom stereocenters. The molecule has 0 spiro atoms. The first-order valence-electron chi connectivity index (χ1n) is 10.5. The second kappa shape index (κ2) is 8.81. The SMILES string of the molecule is CC(=O)c1sc(NC2CCCN(c3nc(-c4ccc(Cl)cc4Cl)cc4nccn34)C2)nc1N. The Morgan fingerprint density at radius 1 is 1.27 bits per heavy atom. The predicted molar refractivity (Wildman–Crippen MR) is 134 cm³/mol. The molecule has 0 saturated carbocycles. The molecular formula is C22H21Cl2N7OS. The first-order chi connectivity index (χ1) is 15.9. The van der Waals surface area contributed by atoms with Gasteiger partial charge in [-0.1, -0.05) is 34.5 Å². The van der Waals surface area contributed by atoms with Crippen LogP contribution in [0.1, 0.15) is 29.4 Å². The van der Waals surface area contributed by atoms with Crippen molar-refractivity contribution in [2.24, 2.45) is 0 Å². The van der Waals surface area contributed by atoms with Gasteiger partial charge >= 0.3 is 0 Å². The summed E-state index contributed by atoms with van der Waals surface area (Å²) in [4.78, 5) is 28.2. The lowest BCUT2D eigenvalue weighted by Crippen LogP contribution is -2.43. The molecule has 1 saturated heterocycles. The predicted octanol–water partition coefficient (Wildman–Crippen LogP) is 5.03. The van der Waals surface area contributed by atoms with Gasteiger partial charge in [-0.3, -0.25) is 9.20 Å². The number of thiazole rings is 1. The summed E-state index contributed by atoms with van der Waals surface area (Å²) in [5, 5.41) is 5.22. The molecule has 11 heteroatoms. The van der Waals surface area contributed by atoms with E-state index in [-0.39, 0.29) is 17.6 Å². The summed E-state index contributed by atoms with van der Waals surface area (Å²) in [6, 6.07) is 7.43. The van der Waals surface area contributed by atoms with Crippen LogP contribution in [0, 0.1) is 0 Å². The van der Waals surface area contributed by atoms with Crippen molar-refractivity contribution in [1.82, 2.24) is 19.4 Å². The zero-order valence-electron chi connectivity index (χ0n) is 17.8. The standard InChI is InChI=1S/C22H21Cl2N7OS/c1-12(32)19-20(25)29-21(33-19)27-14-3-2-7-30(11-14)22-28-17(10-18-26-6-8-31(18)22)15-5-4-13(23)9-16(15)24/h4-6,8-10,14H,2-3,7,11,25H2,1H3,(H,27,29). The zero-order chi connectivity index (χ0) is 23.1. The van der Waals surface area contributed by atoms with Crippen molar-refractivity contribution in [2.45, 2.75) is 25.8 Å². The van der Waals surface area contributed by atoms with Gasteiger partial charge in [0.2, 0.25) is 5.95 Å². The van der Waals surface area contributed by atoms with Gasteiger partial charge in [0.1, 0.15) is 16.3 Å². The molecule has 0 radical (unpaired) electrons. The summed E-state index contributed by atoms with van der Waals surface area (Å²) in [6.45, 7) is 3.07. The number of fused-ring (bicyclic) bond motifs is 1. The number of carbonyl (C=O) groups excluding carboxylic acids is 1. The maximum Gasteiger partial charge on any atom is 0.211 e. The number of carbonyl (C=O) groups is 1. The van der Waals surface area contributed by atoms with E-state index in [4.69, 9.17) is 33.9 Å². The fourth-order valence-corrected chi connectivity index (χ4v) is 5.42. The third-order valence-corrected chi connectivity index (χ3v) is 7.23. The molecule has 4 heterocycles. The lowest BCUT2D eigenvalue weighted by molar-refractivity contribution is 0.102. The lowest BCUT2D eigenvalue weighted by Gasteiger charge is -2.34. The molecule has 3 N–H and O–H groups in total. The van der Waals surface area contributed by atoms with Crippen LogP contribution in [0.15, 0.2) is 36.7 Å². The van der Waals surface area contributed by atoms with Gasteiger partial charge < -0.3 is 16.0 Å². The second-order valence-corrected chi connectivity index (χ2v) is 9.78. The second-order valence-electron chi connectivity index (χ2n) is 7.94. The molecule has 0 bridgehead atoms. The van der Waals surface area contributed by atoms with Crippen LogP contribution in [0.4, 0.5) is 16.9 Å². The number of hydrogen-bond donors (Lipinski definition) is 2. The van der Waals surface area contributed by atoms with Gasteiger partial charge in [0.05, 0.1) is 10.7 Å². The van der Waals surface area contributed by atoms with E-state index in [1.807, 2.05) is 22.7 Å². The molecule has 170 valence electrons. The molecule has 1 aliphatic rings. The maximum absolute atomic E-state index is 11.7. The van der Waals surface area contributed by atoms with Gasteiger partial charge in [-0.15, -0.1) is 0 Å². The molecule has 3 aromatic heterocycles. The number of nitrogens with zero attached hydrogens (tertiary/aromatic N) is 5. The molecular weight excluding hydrogens is 481 g/mol. The number of Topliss-reactive ketones (excluding diaryl/α,β-unsaturated/α-hetero) is 1. The summed E-state index contributed by atoms with van der Waals surface area (Å²) >= 11 is 13.8. The number of hydrogen-bond acceptors (Lipinski definition) is 8. The van der Waals surface area contributed by atoms with E-state index >= 15 is 0 Å². The Morgan fingerprint density at radius 3 is 2.88 bits per heavy atom. The largest absolute Gasteiger partial charge is 0.382 e. The Bertz CT molecular complexity index is 1350. The smallest absolute Gasteiger partial charge is 0.211 e. The number of benzene rings is 1. The van der Waals surface area contributed by atoms with Crippen LogP contribution >= 0.6 is 34.5 Å². The molecule has 1 unspecified atom stereocenters. The number of nitrogen functional groups attached to an aromatic ring is 1. The fourth-order valence-electron chi connectivity index (χ4n) is 4.06. The van der Waals surface area contributed by atoms with Crippen molar-refractivity contribution in [2.75, 3.05) is 29.0 Å². The third-order valence-electron chi connectivity index (χ3n) is 5.58. The van der Waals surface area contributed by atoms with Gasteiger partial charge in [0.25, 0.3) is 0 Å². The summed E-state index contributed by atoms with van der Waals surface area (Å²) in [5.41, 5.74) is 8.22. The highest BCUT2D eigenvalue weighted by Crippen LogP contribution is 2.32. The first kappa shape index (κ1) is 21.9. The minimum atomic E-state index is -0.0762. The first-order valence-corrected chi connectivity index (χ1v) is 12.0. The van der Waals surface area contributed by atoms with Crippen molar-refractivity contribution >= 4 is 62.9 Å². The highest BCUT2D eigenvalue weighted by atomic mass is 35.5. The number of imidazole rings is 1. The van der Waals surface area contributed by atoms with Gasteiger partial charge in [-0.05, 0) is 31.0 Å². The fraction of sp³-hybridized carbons (Fsp3) is 0.273. The Kier molecular flexibility index (Phi) is 5.86. The van der Waals surface area contributed by atoms with Crippen LogP contribution in [0.3, 0.4) is 0 Å². The maximum atomic E-state index is 11.7. The molecule has 0 amide bonds. The highest BCUT2D eigenvalue weighted by Gasteiger charge is 2.25. The number of aromatic nitrogens is 4. The monoisotopic (exact) mass is 501 g/mol. The van der Waals surface area contributed by atoms with Crippen LogP contribution in [-0.2, 0) is 0 Å². The Morgan fingerprint density at radius 2 is 2.12 bits per heavy atom. The number of rotatable bonds is 5. The van der Waals surface area contributed by atoms with Gasteiger partial charge in [-0.25, -0.2) is 15.0 Å². The molecule has 0 aliphatic carbocycles. The van der Waals surface area contributed by atoms with Crippen molar-refractivity contribution < 1.29 is 4.79 Å². The molecule has 4 aromatic rings. The Labute approximate surface area is 204 Å². The quantitative estimate of drug-likeness (QED) is 0.370. The van der Waals surface area contributed by atoms with E-state index in [9.17, 15) is 4.79 Å². The Balaban J connectivity index is 1.45. The zero-order valence-corrected chi connectivity index (χ0v) is 20.1. The topological polar surface area (TPSA) is 101 Å². The molecule has 8 nitrogen and oxygen atoms in total. The van der Waals surface area contributed by atoms with Crippen molar-refractivity contribution in [3.05, 3.63) is 51.6 Å². The Hall–Kier alpha value is -2.88. The van der Waals surface area contributed by atoms with E-state index in [1.54, 1.807) is 18.3 Å². The minimum absolute atomic E-state index is 0.0762. The number of piperidine rings is 1. The number of ketones is 1. The van der Waals surface area contributed by atoms with Crippen LogP contribution in [0.5, 0.6) is 0 Å². The van der Waals surface area contributed by atoms with Crippen LogP contribution in [0.2, 0.25) is 10.0 Å². The van der Waals surface area contributed by atoms with Gasteiger partial charge in [0.15, 0.2) is 10.9 Å². The number of halogens is 2. The van der Waals surface area contributed by atoms with Crippen molar-refractivity contribution in [1.29, 1.82) is 0 Å². The van der Waals surface area contributed by atoms with Crippen molar-refractivity contribution in [3.8, 4) is 11.3 Å². The minimum Gasteiger partial charge on any atom is -0.382 e. The molecule has 1 fully saturated rings. The van der Waals surface area contributed by atoms with Gasteiger partial charge in [-0.2, -0.15) is 0 Å². The summed E-state index contributed by atoms with van der Waals surface area (Å²) in [6.07, 6.45) is 5.61. The highest BCUT2D eigenvalue weighted by molar-refractivity contribution is 7.18. The van der Waals surface area contributed by atoms with Crippen LogP contribution < -0.4 is 16.0 Å². The molecule has 1 aliphatic heterocycles. The van der Waals surface area contributed by atoms with E-state index < -0.39 is 0 Å². The van der Waals surface area contributed by atoms with E-state index in [0.717, 1.165) is 42.2 Å². The van der Waals surface area contributed by atoms with Crippen molar-refractivity contribution in [3.63, 3.8) is 0 Å². The average Bonchev–Trinajstić information content (AvgIpc) is 3.39. The molecule has 33 heavy (non-hydrogen) atoms. The molecule has 5 rings (SSSR count). The van der Waals surface area contributed by atoms with Crippen LogP contribution in [0.25, 0.3) is 16.9 Å². The van der Waals surface area contributed by atoms with E-state index in [0.29, 0.717) is 26.6 Å². The van der Waals surface area contributed by atoms with Gasteiger partial charge in [0, 0.05) is 55.1 Å². The van der Waals surface area contributed by atoms with E-state index in [2.05, 4.69) is 20.2 Å². The number of anilines is 3. The summed E-state index contributed by atoms with van der Waals surface area (Å²) in [7, 11) is 0. The average molecular weight is 502 g/mol. The lowest BCUT2D eigenvalue weighted by atomic mass is 10.1. The normalized spacial score (nSPS) is 16.3. The number of nitrogens with one attached hydrogen (secondary N) is 1.